The Morgan fingerprint density at radius 1 is 0.963 bits per heavy atom. The number of hydrogen-bond acceptors (Lipinski definition) is 4. The summed E-state index contributed by atoms with van der Waals surface area (Å²) in [6, 6.07) is 16.0. The Morgan fingerprint density at radius 3 is 2.26 bits per heavy atom. The zero-order valence-electron chi connectivity index (χ0n) is 14.8. The van der Waals surface area contributed by atoms with E-state index in [4.69, 9.17) is 0 Å². The number of hydrogen-bond donors (Lipinski definition) is 1. The summed E-state index contributed by atoms with van der Waals surface area (Å²) < 4.78 is 27.7. The summed E-state index contributed by atoms with van der Waals surface area (Å²) in [5.74, 6) is -0.0784. The fraction of sp³-hybridized carbons (Fsp3) is 0.316. The number of carbonyl (C=O) groups excluding carboxylic acids is 1. The van der Waals surface area contributed by atoms with Crippen molar-refractivity contribution < 1.29 is 13.2 Å². The summed E-state index contributed by atoms with van der Waals surface area (Å²) in [5.41, 5.74) is 0.678. The highest BCUT2D eigenvalue weighted by molar-refractivity contribution is 14.1. The highest BCUT2D eigenvalue weighted by atomic mass is 127. The summed E-state index contributed by atoms with van der Waals surface area (Å²) in [7, 11) is -3.42. The van der Waals surface area contributed by atoms with Crippen LogP contribution in [-0.2, 0) is 10.0 Å². The predicted octanol–water partition coefficient (Wildman–Crippen LogP) is 2.03. The molecule has 1 fully saturated rings. The Hall–Kier alpha value is -1.49. The average molecular weight is 499 g/mol. The van der Waals surface area contributed by atoms with Gasteiger partial charge in [0.15, 0.2) is 0 Å². The van der Waals surface area contributed by atoms with Crippen LogP contribution in [0, 0.1) is 3.57 Å². The molecule has 0 aliphatic carbocycles. The Balaban J connectivity index is 1.46. The minimum Gasteiger partial charge on any atom is -0.351 e. The summed E-state index contributed by atoms with van der Waals surface area (Å²) in [6.45, 7) is 3.47. The molecule has 1 saturated heterocycles. The highest BCUT2D eigenvalue weighted by Gasteiger charge is 2.28. The van der Waals surface area contributed by atoms with Crippen molar-refractivity contribution in [1.29, 1.82) is 0 Å². The number of rotatable bonds is 6. The minimum atomic E-state index is -3.42. The lowest BCUT2D eigenvalue weighted by Gasteiger charge is -2.33. The van der Waals surface area contributed by atoms with Crippen LogP contribution in [0.4, 0.5) is 0 Å². The molecule has 1 amide bonds. The molecule has 2 aromatic carbocycles. The molecule has 0 atom stereocenters. The van der Waals surface area contributed by atoms with E-state index >= 15 is 0 Å². The third-order valence-electron chi connectivity index (χ3n) is 4.54. The van der Waals surface area contributed by atoms with E-state index < -0.39 is 10.0 Å². The van der Waals surface area contributed by atoms with E-state index in [2.05, 4.69) is 32.8 Å². The van der Waals surface area contributed by atoms with E-state index in [1.807, 2.05) is 30.3 Å². The van der Waals surface area contributed by atoms with Crippen molar-refractivity contribution in [3.05, 3.63) is 63.7 Å². The lowest BCUT2D eigenvalue weighted by Crippen LogP contribution is -2.50. The number of benzene rings is 2. The topological polar surface area (TPSA) is 69.7 Å². The molecule has 2 aromatic rings. The standard InChI is InChI=1S/C19H22IN3O3S/c20-18-9-5-4-8-17(18)19(24)21-10-11-22-12-14-23(15-13-22)27(25,26)16-6-2-1-3-7-16/h1-9H,10-15H2,(H,21,24). The maximum Gasteiger partial charge on any atom is 0.252 e. The number of carbonyl (C=O) groups is 1. The number of nitrogens with zero attached hydrogens (tertiary/aromatic N) is 2. The van der Waals surface area contributed by atoms with E-state index in [0.29, 0.717) is 49.7 Å². The van der Waals surface area contributed by atoms with Gasteiger partial charge in [0, 0.05) is 42.8 Å². The van der Waals surface area contributed by atoms with E-state index in [0.717, 1.165) is 3.57 Å². The first kappa shape index (κ1) is 20.2. The van der Waals surface area contributed by atoms with Crippen LogP contribution in [0.3, 0.4) is 0 Å². The number of nitrogens with one attached hydrogen (secondary N) is 1. The molecule has 0 saturated carbocycles. The predicted molar refractivity (Wildman–Crippen MR) is 113 cm³/mol. The minimum absolute atomic E-state index is 0.0784. The molecular formula is C19H22IN3O3S. The largest absolute Gasteiger partial charge is 0.351 e. The van der Waals surface area contributed by atoms with Crippen molar-refractivity contribution in [1.82, 2.24) is 14.5 Å². The lowest BCUT2D eigenvalue weighted by atomic mass is 10.2. The van der Waals surface area contributed by atoms with Gasteiger partial charge >= 0.3 is 0 Å². The second kappa shape index (κ2) is 9.13. The molecule has 1 aliphatic heterocycles. The molecule has 8 heteroatoms. The number of halogens is 1. The van der Waals surface area contributed by atoms with Gasteiger partial charge in [-0.25, -0.2) is 8.42 Å². The zero-order chi connectivity index (χ0) is 19.3. The Morgan fingerprint density at radius 2 is 1.59 bits per heavy atom. The molecule has 0 aromatic heterocycles. The van der Waals surface area contributed by atoms with Crippen LogP contribution in [0.5, 0.6) is 0 Å². The average Bonchev–Trinajstić information content (AvgIpc) is 2.69. The smallest absolute Gasteiger partial charge is 0.252 e. The molecule has 6 nitrogen and oxygen atoms in total. The second-order valence-corrected chi connectivity index (χ2v) is 9.39. The van der Waals surface area contributed by atoms with Gasteiger partial charge in [-0.2, -0.15) is 4.31 Å². The summed E-state index contributed by atoms with van der Waals surface area (Å²) >= 11 is 2.15. The Bertz CT molecular complexity index is 882. The lowest BCUT2D eigenvalue weighted by molar-refractivity contribution is 0.0944. The van der Waals surface area contributed by atoms with Crippen molar-refractivity contribution in [3.8, 4) is 0 Å². The first-order valence-electron chi connectivity index (χ1n) is 8.79. The van der Waals surface area contributed by atoms with Crippen molar-refractivity contribution in [2.75, 3.05) is 39.3 Å². The molecule has 1 heterocycles. The number of amides is 1. The Labute approximate surface area is 173 Å². The molecule has 0 spiro atoms. The van der Waals surface area contributed by atoms with Crippen LogP contribution in [0.25, 0.3) is 0 Å². The molecule has 1 N–H and O–H groups in total. The molecule has 0 unspecified atom stereocenters. The third-order valence-corrected chi connectivity index (χ3v) is 7.40. The summed E-state index contributed by atoms with van der Waals surface area (Å²) in [5, 5.41) is 2.94. The van der Waals surface area contributed by atoms with Crippen LogP contribution >= 0.6 is 22.6 Å². The second-order valence-electron chi connectivity index (χ2n) is 6.29. The molecular weight excluding hydrogens is 477 g/mol. The fourth-order valence-corrected chi connectivity index (χ4v) is 5.08. The normalized spacial score (nSPS) is 16.2. The van der Waals surface area contributed by atoms with Gasteiger partial charge in [0.2, 0.25) is 10.0 Å². The van der Waals surface area contributed by atoms with E-state index in [9.17, 15) is 13.2 Å². The molecule has 144 valence electrons. The molecule has 27 heavy (non-hydrogen) atoms. The van der Waals surface area contributed by atoms with Crippen LogP contribution in [0.2, 0.25) is 0 Å². The van der Waals surface area contributed by atoms with Gasteiger partial charge in [0.25, 0.3) is 5.91 Å². The summed E-state index contributed by atoms with van der Waals surface area (Å²) in [6.07, 6.45) is 0. The maximum atomic E-state index is 12.6. The van der Waals surface area contributed by atoms with Gasteiger partial charge in [-0.3, -0.25) is 9.69 Å². The zero-order valence-corrected chi connectivity index (χ0v) is 17.8. The Kier molecular flexibility index (Phi) is 6.85. The van der Waals surface area contributed by atoms with E-state index in [1.54, 1.807) is 24.3 Å². The summed E-state index contributed by atoms with van der Waals surface area (Å²) in [4.78, 5) is 14.7. The van der Waals surface area contributed by atoms with E-state index in [1.165, 1.54) is 4.31 Å². The van der Waals surface area contributed by atoms with Crippen molar-refractivity contribution in [2.45, 2.75) is 4.90 Å². The first-order chi connectivity index (χ1) is 13.0. The van der Waals surface area contributed by atoms with Crippen molar-refractivity contribution in [3.63, 3.8) is 0 Å². The molecule has 3 rings (SSSR count). The number of sulfonamides is 1. The number of piperazine rings is 1. The van der Waals surface area contributed by atoms with Crippen LogP contribution < -0.4 is 5.32 Å². The van der Waals surface area contributed by atoms with Crippen LogP contribution in [0.15, 0.2) is 59.5 Å². The van der Waals surface area contributed by atoms with Gasteiger partial charge < -0.3 is 5.32 Å². The monoisotopic (exact) mass is 499 g/mol. The van der Waals surface area contributed by atoms with Crippen LogP contribution in [-0.4, -0.2) is 62.8 Å². The quantitative estimate of drug-likeness (QED) is 0.618. The van der Waals surface area contributed by atoms with E-state index in [-0.39, 0.29) is 5.91 Å². The van der Waals surface area contributed by atoms with Crippen molar-refractivity contribution >= 4 is 38.5 Å². The molecule has 1 aliphatic rings. The third kappa shape index (κ3) is 5.07. The van der Waals surface area contributed by atoms with Crippen molar-refractivity contribution in [2.24, 2.45) is 0 Å². The molecule has 0 bridgehead atoms. The van der Waals surface area contributed by atoms with Crippen LogP contribution in [0.1, 0.15) is 10.4 Å². The fourth-order valence-electron chi connectivity index (χ4n) is 3.00. The van der Waals surface area contributed by atoms with Gasteiger partial charge in [0.05, 0.1) is 10.5 Å². The van der Waals surface area contributed by atoms with Gasteiger partial charge in [0.1, 0.15) is 0 Å². The van der Waals surface area contributed by atoms with Gasteiger partial charge in [-0.15, -0.1) is 0 Å². The van der Waals surface area contributed by atoms with Gasteiger partial charge in [-0.1, -0.05) is 30.3 Å². The van der Waals surface area contributed by atoms with Gasteiger partial charge in [-0.05, 0) is 46.9 Å². The molecule has 0 radical (unpaired) electrons. The SMILES string of the molecule is O=C(NCCN1CCN(S(=O)(=O)c2ccccc2)CC1)c1ccccc1I. The maximum absolute atomic E-state index is 12.6. The first-order valence-corrected chi connectivity index (χ1v) is 11.3. The highest BCUT2D eigenvalue weighted by Crippen LogP contribution is 2.17.